The van der Waals surface area contributed by atoms with Gasteiger partial charge >= 0.3 is 12.0 Å². The van der Waals surface area contributed by atoms with Crippen molar-refractivity contribution in [1.29, 1.82) is 0 Å². The average Bonchev–Trinajstić information content (AvgIpc) is 2.53. The minimum absolute atomic E-state index is 0.00147. The molecule has 0 radical (unpaired) electrons. The number of carbonyl (C=O) groups is 4. The number of hydrogen-bond acceptors (Lipinski definition) is 5. The molecule has 1 aliphatic heterocycles. The second-order valence-electron chi connectivity index (χ2n) is 5.17. The number of imide groups is 2. The van der Waals surface area contributed by atoms with Crippen LogP contribution in [0.5, 0.6) is 0 Å². The van der Waals surface area contributed by atoms with Gasteiger partial charge in [-0.05, 0) is 12.0 Å². The van der Waals surface area contributed by atoms with E-state index in [1.54, 1.807) is 44.2 Å². The number of benzene rings is 1. The molecule has 1 aromatic rings. The summed E-state index contributed by atoms with van der Waals surface area (Å²) in [4.78, 5) is 48.2. The van der Waals surface area contributed by atoms with Crippen molar-refractivity contribution in [2.75, 3.05) is 0 Å². The Bertz CT molecular complexity index is 621. The van der Waals surface area contributed by atoms with E-state index in [0.29, 0.717) is 12.0 Å². The van der Waals surface area contributed by atoms with Crippen LogP contribution in [0.2, 0.25) is 0 Å². The third-order valence-corrected chi connectivity index (χ3v) is 3.79. The first-order chi connectivity index (χ1) is 11.0. The van der Waals surface area contributed by atoms with Gasteiger partial charge in [0.25, 0.3) is 17.4 Å². The van der Waals surface area contributed by atoms with Crippen molar-refractivity contribution in [3.63, 3.8) is 0 Å². The van der Waals surface area contributed by atoms with Gasteiger partial charge in [-0.2, -0.15) is 0 Å². The molecule has 0 aliphatic carbocycles. The van der Waals surface area contributed by atoms with Crippen LogP contribution in [-0.4, -0.2) is 29.4 Å². The fraction of sp³-hybridized carbons (Fsp3) is 0.375. The van der Waals surface area contributed by atoms with E-state index < -0.39 is 35.3 Å². The van der Waals surface area contributed by atoms with Crippen LogP contribution >= 0.6 is 0 Å². The van der Waals surface area contributed by atoms with Crippen LogP contribution in [0, 0.1) is 0 Å². The maximum absolute atomic E-state index is 12.5. The largest absolute Gasteiger partial charge is 0.438 e. The van der Waals surface area contributed by atoms with Crippen molar-refractivity contribution in [3.05, 3.63) is 35.9 Å². The summed E-state index contributed by atoms with van der Waals surface area (Å²) in [5, 5.41) is 4.06. The summed E-state index contributed by atoms with van der Waals surface area (Å²) >= 11 is 0. The van der Waals surface area contributed by atoms with Gasteiger partial charge in [0.1, 0.15) is 0 Å². The Morgan fingerprint density at radius 1 is 1.09 bits per heavy atom. The highest BCUT2D eigenvalue weighted by molar-refractivity contribution is 6.23. The molecule has 1 aromatic carbocycles. The number of urea groups is 1. The molecule has 0 bridgehead atoms. The number of carbonyl (C=O) groups excluding carboxylic acids is 4. The molecule has 4 amide bonds. The highest BCUT2D eigenvalue weighted by Gasteiger charge is 2.59. The molecule has 0 spiro atoms. The molecule has 1 atom stereocenters. The van der Waals surface area contributed by atoms with Gasteiger partial charge in [-0.3, -0.25) is 25.0 Å². The Morgan fingerprint density at radius 3 is 2.13 bits per heavy atom. The number of nitrogens with one attached hydrogen (secondary N) is 2. The van der Waals surface area contributed by atoms with E-state index in [2.05, 4.69) is 0 Å². The lowest BCUT2D eigenvalue weighted by Crippen LogP contribution is -2.70. The summed E-state index contributed by atoms with van der Waals surface area (Å²) in [5.74, 6) is -3.26. The van der Waals surface area contributed by atoms with Gasteiger partial charge in [-0.15, -0.1) is 0 Å². The molecule has 1 saturated heterocycles. The minimum atomic E-state index is -2.10. The first kappa shape index (κ1) is 16.7. The van der Waals surface area contributed by atoms with Crippen LogP contribution in [0.15, 0.2) is 30.3 Å². The molecule has 1 unspecified atom stereocenters. The number of hydrogen-bond donors (Lipinski definition) is 2. The normalized spacial score (nSPS) is 17.9. The SMILES string of the molecule is CCC(=O)OC1(C(CC)c2ccccc2)C(=O)NC(=O)NC1=O. The second-order valence-corrected chi connectivity index (χ2v) is 5.17. The lowest BCUT2D eigenvalue weighted by molar-refractivity contribution is -0.178. The van der Waals surface area contributed by atoms with Crippen LogP contribution in [0.3, 0.4) is 0 Å². The lowest BCUT2D eigenvalue weighted by Gasteiger charge is -2.39. The van der Waals surface area contributed by atoms with Gasteiger partial charge in [0, 0.05) is 12.3 Å². The molecule has 1 fully saturated rings. The predicted molar refractivity (Wildman–Crippen MR) is 80.3 cm³/mol. The third kappa shape index (κ3) is 2.94. The molecule has 1 heterocycles. The smallest absolute Gasteiger partial charge is 0.328 e. The zero-order valence-electron chi connectivity index (χ0n) is 12.9. The summed E-state index contributed by atoms with van der Waals surface area (Å²) in [6, 6.07) is 7.88. The van der Waals surface area contributed by atoms with Crippen molar-refractivity contribution < 1.29 is 23.9 Å². The van der Waals surface area contributed by atoms with E-state index in [0.717, 1.165) is 0 Å². The van der Waals surface area contributed by atoms with E-state index in [-0.39, 0.29) is 6.42 Å². The van der Waals surface area contributed by atoms with Crippen molar-refractivity contribution in [2.45, 2.75) is 38.2 Å². The highest BCUT2D eigenvalue weighted by Crippen LogP contribution is 2.36. The van der Waals surface area contributed by atoms with Gasteiger partial charge in [-0.25, -0.2) is 4.79 Å². The van der Waals surface area contributed by atoms with Crippen LogP contribution in [-0.2, 0) is 19.1 Å². The summed E-state index contributed by atoms with van der Waals surface area (Å²) in [7, 11) is 0. The summed E-state index contributed by atoms with van der Waals surface area (Å²) < 4.78 is 5.29. The molecule has 0 saturated carbocycles. The molecule has 7 nitrogen and oxygen atoms in total. The van der Waals surface area contributed by atoms with Gasteiger partial charge in [0.05, 0.1) is 0 Å². The van der Waals surface area contributed by atoms with E-state index in [1.807, 2.05) is 10.6 Å². The Labute approximate surface area is 133 Å². The van der Waals surface area contributed by atoms with Gasteiger partial charge < -0.3 is 4.74 Å². The summed E-state index contributed by atoms with van der Waals surface area (Å²) in [6.07, 6.45) is 0.359. The third-order valence-electron chi connectivity index (χ3n) is 3.79. The Morgan fingerprint density at radius 2 is 1.65 bits per heavy atom. The summed E-state index contributed by atoms with van der Waals surface area (Å²) in [6.45, 7) is 3.33. The molecule has 23 heavy (non-hydrogen) atoms. The van der Waals surface area contributed by atoms with E-state index in [1.165, 1.54) is 0 Å². The number of ether oxygens (including phenoxy) is 1. The fourth-order valence-electron chi connectivity index (χ4n) is 2.70. The van der Waals surface area contributed by atoms with E-state index in [4.69, 9.17) is 4.74 Å². The first-order valence-corrected chi connectivity index (χ1v) is 7.39. The highest BCUT2D eigenvalue weighted by atomic mass is 16.6. The lowest BCUT2D eigenvalue weighted by atomic mass is 9.77. The maximum Gasteiger partial charge on any atom is 0.328 e. The molecule has 122 valence electrons. The average molecular weight is 318 g/mol. The monoisotopic (exact) mass is 318 g/mol. The van der Waals surface area contributed by atoms with Crippen LogP contribution in [0.4, 0.5) is 4.79 Å². The van der Waals surface area contributed by atoms with Crippen LogP contribution < -0.4 is 10.6 Å². The van der Waals surface area contributed by atoms with Crippen molar-refractivity contribution in [2.24, 2.45) is 0 Å². The van der Waals surface area contributed by atoms with Crippen molar-refractivity contribution in [3.8, 4) is 0 Å². The van der Waals surface area contributed by atoms with Crippen LogP contribution in [0.1, 0.15) is 38.2 Å². The molecular formula is C16H18N2O5. The number of amides is 4. The van der Waals surface area contributed by atoms with Gasteiger partial charge in [-0.1, -0.05) is 44.2 Å². The van der Waals surface area contributed by atoms with Gasteiger partial charge in [0.15, 0.2) is 0 Å². The van der Waals surface area contributed by atoms with Crippen molar-refractivity contribution in [1.82, 2.24) is 10.6 Å². The molecule has 2 rings (SSSR count). The topological polar surface area (TPSA) is 102 Å². The number of barbiturate groups is 1. The van der Waals surface area contributed by atoms with Gasteiger partial charge in [0.2, 0.25) is 0 Å². The maximum atomic E-state index is 12.5. The van der Waals surface area contributed by atoms with Crippen molar-refractivity contribution >= 4 is 23.8 Å². The summed E-state index contributed by atoms with van der Waals surface area (Å²) in [5.41, 5.74) is -1.43. The molecule has 0 aromatic heterocycles. The number of esters is 1. The van der Waals surface area contributed by atoms with E-state index in [9.17, 15) is 19.2 Å². The quantitative estimate of drug-likeness (QED) is 0.628. The molecule has 7 heteroatoms. The van der Waals surface area contributed by atoms with Crippen LogP contribution in [0.25, 0.3) is 0 Å². The zero-order valence-corrected chi connectivity index (χ0v) is 12.9. The Kier molecular flexibility index (Phi) is 4.78. The standard InChI is InChI=1S/C16H18N2O5/c1-3-11(10-8-6-5-7-9-10)16(23-12(19)4-2)13(20)17-15(22)18-14(16)21/h5-9,11H,3-4H2,1-2H3,(H2,17,18,20,21,22). The molecule has 2 N–H and O–H groups in total. The number of rotatable bonds is 5. The zero-order chi connectivity index (χ0) is 17.0. The Balaban J connectivity index is 2.56. The second kappa shape index (κ2) is 6.60. The molecule has 1 aliphatic rings. The first-order valence-electron chi connectivity index (χ1n) is 7.39. The predicted octanol–water partition coefficient (Wildman–Crippen LogP) is 1.24. The van der Waals surface area contributed by atoms with E-state index >= 15 is 0 Å². The fourth-order valence-corrected chi connectivity index (χ4v) is 2.70. The minimum Gasteiger partial charge on any atom is -0.438 e. The molecular weight excluding hydrogens is 300 g/mol. The Hall–Kier alpha value is -2.70.